The number of nitrogens with one attached hydrogen (secondary N) is 1. The maximum Gasteiger partial charge on any atom is 0.264 e. The third-order valence-electron chi connectivity index (χ3n) is 4.06. The van der Waals surface area contributed by atoms with Gasteiger partial charge in [0.2, 0.25) is 5.91 Å². The molecule has 1 N–H and O–H groups in total. The molecular weight excluding hydrogens is 384 g/mol. The average molecular weight is 406 g/mol. The molecule has 0 saturated heterocycles. The average Bonchev–Trinajstić information content (AvgIpc) is 2.72. The van der Waals surface area contributed by atoms with Gasteiger partial charge in [-0.25, -0.2) is 8.42 Å². The number of rotatable bonds is 8. The molecule has 150 valence electrons. The van der Waals surface area contributed by atoms with Gasteiger partial charge in [0.15, 0.2) is 11.5 Å². The minimum Gasteiger partial charge on any atom is -0.486 e. The summed E-state index contributed by atoms with van der Waals surface area (Å²) < 4.78 is 43.5. The zero-order chi connectivity index (χ0) is 20.0. The van der Waals surface area contributed by atoms with Gasteiger partial charge in [0.1, 0.15) is 19.8 Å². The smallest absolute Gasteiger partial charge is 0.264 e. The van der Waals surface area contributed by atoms with Crippen LogP contribution < -0.4 is 19.1 Å². The Balaban J connectivity index is 1.91. The van der Waals surface area contributed by atoms with Gasteiger partial charge >= 0.3 is 0 Å². The van der Waals surface area contributed by atoms with E-state index in [1.807, 2.05) is 0 Å². The summed E-state index contributed by atoms with van der Waals surface area (Å²) in [6.07, 6.45) is 0. The van der Waals surface area contributed by atoms with Crippen LogP contribution in [-0.2, 0) is 19.6 Å². The van der Waals surface area contributed by atoms with Gasteiger partial charge in [-0.15, -0.1) is 0 Å². The molecule has 0 aliphatic carbocycles. The van der Waals surface area contributed by atoms with E-state index in [0.29, 0.717) is 43.6 Å². The van der Waals surface area contributed by atoms with Gasteiger partial charge in [0, 0.05) is 19.7 Å². The number of amides is 1. The Morgan fingerprint density at radius 3 is 2.54 bits per heavy atom. The Kier molecular flexibility index (Phi) is 6.37. The maximum absolute atomic E-state index is 13.3. The van der Waals surface area contributed by atoms with Gasteiger partial charge in [0.25, 0.3) is 10.0 Å². The molecule has 0 aromatic heterocycles. The number of para-hydroxylation sites is 1. The monoisotopic (exact) mass is 406 g/mol. The standard InChI is InChI=1S/C19H22N2O6S/c1-25-10-9-20-19(22)14-21(15-5-3-2-4-6-15)28(23,24)16-7-8-17-18(13-16)27-12-11-26-17/h2-8,13H,9-12,14H2,1H3,(H,20,22). The molecule has 0 saturated carbocycles. The number of carbonyl (C=O) groups is 1. The van der Waals surface area contributed by atoms with Gasteiger partial charge in [0.05, 0.1) is 17.2 Å². The van der Waals surface area contributed by atoms with Crippen molar-refractivity contribution in [2.45, 2.75) is 4.90 Å². The number of sulfonamides is 1. The van der Waals surface area contributed by atoms with E-state index in [9.17, 15) is 13.2 Å². The van der Waals surface area contributed by atoms with Crippen LogP contribution >= 0.6 is 0 Å². The van der Waals surface area contributed by atoms with Crippen LogP contribution in [0.3, 0.4) is 0 Å². The summed E-state index contributed by atoms with van der Waals surface area (Å²) in [6.45, 7) is 1.04. The fraction of sp³-hybridized carbons (Fsp3) is 0.316. The molecule has 0 radical (unpaired) electrons. The Morgan fingerprint density at radius 1 is 1.11 bits per heavy atom. The van der Waals surface area contributed by atoms with Crippen LogP contribution in [0.25, 0.3) is 0 Å². The summed E-state index contributed by atoms with van der Waals surface area (Å²) in [5.74, 6) is 0.431. The Morgan fingerprint density at radius 2 is 1.82 bits per heavy atom. The number of hydrogen-bond donors (Lipinski definition) is 1. The molecule has 2 aromatic rings. The van der Waals surface area contributed by atoms with Crippen LogP contribution in [0.15, 0.2) is 53.4 Å². The summed E-state index contributed by atoms with van der Waals surface area (Å²) in [4.78, 5) is 12.3. The first-order valence-electron chi connectivity index (χ1n) is 8.75. The molecule has 0 unspecified atom stereocenters. The molecule has 3 rings (SSSR count). The van der Waals surface area contributed by atoms with Gasteiger partial charge in [-0.05, 0) is 24.3 Å². The molecule has 0 spiro atoms. The van der Waals surface area contributed by atoms with Crippen molar-refractivity contribution in [1.29, 1.82) is 0 Å². The molecule has 0 fully saturated rings. The molecule has 9 heteroatoms. The van der Waals surface area contributed by atoms with E-state index >= 15 is 0 Å². The van der Waals surface area contributed by atoms with E-state index in [4.69, 9.17) is 14.2 Å². The first kappa shape index (κ1) is 20.0. The van der Waals surface area contributed by atoms with Crippen LogP contribution in [0.1, 0.15) is 0 Å². The van der Waals surface area contributed by atoms with Crippen LogP contribution in [0.5, 0.6) is 11.5 Å². The van der Waals surface area contributed by atoms with Crippen molar-refractivity contribution in [3.8, 4) is 11.5 Å². The second-order valence-electron chi connectivity index (χ2n) is 6.00. The number of benzene rings is 2. The molecule has 0 bridgehead atoms. The minimum atomic E-state index is -4.01. The fourth-order valence-corrected chi connectivity index (χ4v) is 4.14. The van der Waals surface area contributed by atoms with E-state index in [2.05, 4.69) is 5.32 Å². The lowest BCUT2D eigenvalue weighted by Crippen LogP contribution is -2.41. The van der Waals surface area contributed by atoms with Crippen LogP contribution in [0.2, 0.25) is 0 Å². The number of nitrogens with zero attached hydrogens (tertiary/aromatic N) is 1. The van der Waals surface area contributed by atoms with E-state index in [-0.39, 0.29) is 11.4 Å². The molecule has 1 aliphatic rings. The highest BCUT2D eigenvalue weighted by atomic mass is 32.2. The lowest BCUT2D eigenvalue weighted by molar-refractivity contribution is -0.119. The second-order valence-corrected chi connectivity index (χ2v) is 7.86. The first-order valence-corrected chi connectivity index (χ1v) is 10.2. The number of ether oxygens (including phenoxy) is 3. The van der Waals surface area contributed by atoms with Crippen LogP contribution in [0.4, 0.5) is 5.69 Å². The molecule has 28 heavy (non-hydrogen) atoms. The summed E-state index contributed by atoms with van der Waals surface area (Å²) in [5, 5.41) is 2.64. The van der Waals surface area contributed by atoms with Crippen molar-refractivity contribution in [2.24, 2.45) is 0 Å². The minimum absolute atomic E-state index is 0.0188. The van der Waals surface area contributed by atoms with Gasteiger partial charge in [-0.2, -0.15) is 0 Å². The number of fused-ring (bicyclic) bond motifs is 1. The molecule has 1 amide bonds. The lowest BCUT2D eigenvalue weighted by Gasteiger charge is -2.25. The van der Waals surface area contributed by atoms with Crippen molar-refractivity contribution in [2.75, 3.05) is 44.3 Å². The Labute approximate surface area is 164 Å². The summed E-state index contributed by atoms with van der Waals surface area (Å²) in [7, 11) is -2.48. The van der Waals surface area contributed by atoms with Crippen LogP contribution in [-0.4, -0.2) is 54.3 Å². The van der Waals surface area contributed by atoms with Crippen molar-refractivity contribution in [3.05, 3.63) is 48.5 Å². The van der Waals surface area contributed by atoms with Gasteiger partial charge in [-0.3, -0.25) is 9.10 Å². The third-order valence-corrected chi connectivity index (χ3v) is 5.83. The first-order chi connectivity index (χ1) is 13.5. The van der Waals surface area contributed by atoms with Crippen molar-refractivity contribution in [3.63, 3.8) is 0 Å². The molecular formula is C19H22N2O6S. The van der Waals surface area contributed by atoms with Gasteiger partial charge in [-0.1, -0.05) is 18.2 Å². The quantitative estimate of drug-likeness (QED) is 0.667. The van der Waals surface area contributed by atoms with E-state index < -0.39 is 15.9 Å². The zero-order valence-electron chi connectivity index (χ0n) is 15.5. The van der Waals surface area contributed by atoms with E-state index in [1.54, 1.807) is 36.4 Å². The molecule has 0 atom stereocenters. The highest BCUT2D eigenvalue weighted by Crippen LogP contribution is 2.34. The highest BCUT2D eigenvalue weighted by molar-refractivity contribution is 7.92. The third kappa shape index (κ3) is 4.55. The number of carbonyl (C=O) groups excluding carboxylic acids is 1. The second kappa shape index (κ2) is 8.94. The molecule has 2 aromatic carbocycles. The van der Waals surface area contributed by atoms with Crippen LogP contribution in [0, 0.1) is 0 Å². The molecule has 1 heterocycles. The van der Waals surface area contributed by atoms with Gasteiger partial charge < -0.3 is 19.5 Å². The zero-order valence-corrected chi connectivity index (χ0v) is 16.3. The fourth-order valence-electron chi connectivity index (χ4n) is 2.70. The largest absolute Gasteiger partial charge is 0.486 e. The topological polar surface area (TPSA) is 94.2 Å². The maximum atomic E-state index is 13.3. The number of anilines is 1. The van der Waals surface area contributed by atoms with Crippen molar-refractivity contribution < 1.29 is 27.4 Å². The van der Waals surface area contributed by atoms with Crippen molar-refractivity contribution in [1.82, 2.24) is 5.32 Å². The molecule has 8 nitrogen and oxygen atoms in total. The van der Waals surface area contributed by atoms with E-state index in [0.717, 1.165) is 4.31 Å². The highest BCUT2D eigenvalue weighted by Gasteiger charge is 2.28. The SMILES string of the molecule is COCCNC(=O)CN(c1ccccc1)S(=O)(=O)c1ccc2c(c1)OCCO2. The Hall–Kier alpha value is -2.78. The molecule has 1 aliphatic heterocycles. The summed E-state index contributed by atoms with van der Waals surface area (Å²) in [5.41, 5.74) is 0.388. The summed E-state index contributed by atoms with van der Waals surface area (Å²) in [6, 6.07) is 12.9. The lowest BCUT2D eigenvalue weighted by atomic mass is 10.3. The Bertz CT molecular complexity index is 917. The number of methoxy groups -OCH3 is 1. The normalized spacial score (nSPS) is 13.0. The predicted octanol–water partition coefficient (Wildman–Crippen LogP) is 1.42. The van der Waals surface area contributed by atoms with Crippen molar-refractivity contribution >= 4 is 21.6 Å². The van der Waals surface area contributed by atoms with E-state index in [1.165, 1.54) is 19.2 Å². The number of hydrogen-bond acceptors (Lipinski definition) is 6. The predicted molar refractivity (Wildman–Crippen MR) is 103 cm³/mol. The summed E-state index contributed by atoms with van der Waals surface area (Å²) >= 11 is 0.